The first-order valence-corrected chi connectivity index (χ1v) is 7.34. The predicted molar refractivity (Wildman–Crippen MR) is 75.4 cm³/mol. The largest absolute Gasteiger partial charge is 0.363 e. The molecule has 0 aliphatic carbocycles. The van der Waals surface area contributed by atoms with Gasteiger partial charge in [-0.15, -0.1) is 0 Å². The van der Waals surface area contributed by atoms with Crippen molar-refractivity contribution in [2.24, 2.45) is 0 Å². The van der Waals surface area contributed by atoms with Crippen molar-refractivity contribution in [2.45, 2.75) is 63.7 Å². The molecule has 1 aromatic heterocycles. The molecule has 1 aromatic rings. The first-order valence-electron chi connectivity index (χ1n) is 7.34. The maximum Gasteiger partial charge on any atom is 0.293 e. The summed E-state index contributed by atoms with van der Waals surface area (Å²) in [7, 11) is 0. The molecular formula is C14H22N4O. The summed E-state index contributed by atoms with van der Waals surface area (Å²) in [5.74, 6) is 0.516. The number of aryl methyl sites for hydroxylation is 1. The van der Waals surface area contributed by atoms with Gasteiger partial charge in [0.1, 0.15) is 0 Å². The molecule has 0 spiro atoms. The second kappa shape index (κ2) is 5.33. The fourth-order valence-corrected chi connectivity index (χ4v) is 3.33. The highest BCUT2D eigenvalue weighted by atomic mass is 16.1. The van der Waals surface area contributed by atoms with Gasteiger partial charge in [0.15, 0.2) is 5.82 Å². The molecule has 0 saturated carbocycles. The van der Waals surface area contributed by atoms with E-state index in [-0.39, 0.29) is 5.56 Å². The van der Waals surface area contributed by atoms with Gasteiger partial charge in [0, 0.05) is 37.1 Å². The molecule has 5 nitrogen and oxygen atoms in total. The zero-order chi connectivity index (χ0) is 13.2. The quantitative estimate of drug-likeness (QED) is 0.860. The number of fused-ring (bicyclic) bond motifs is 2. The molecule has 3 heterocycles. The minimum Gasteiger partial charge on any atom is -0.363 e. The van der Waals surface area contributed by atoms with Crippen LogP contribution < -0.4 is 16.2 Å². The predicted octanol–water partition coefficient (Wildman–Crippen LogP) is 1.35. The molecule has 2 aliphatic rings. The van der Waals surface area contributed by atoms with Crippen molar-refractivity contribution in [2.75, 3.05) is 5.32 Å². The zero-order valence-electron chi connectivity index (χ0n) is 11.4. The molecule has 2 fully saturated rings. The lowest BCUT2D eigenvalue weighted by atomic mass is 10.00. The Balaban J connectivity index is 1.73. The minimum atomic E-state index is 0.00947. The van der Waals surface area contributed by atoms with E-state index >= 15 is 0 Å². The van der Waals surface area contributed by atoms with Gasteiger partial charge < -0.3 is 15.2 Å². The van der Waals surface area contributed by atoms with E-state index in [0.29, 0.717) is 23.9 Å². The number of hydrogen-bond donors (Lipinski definition) is 2. The van der Waals surface area contributed by atoms with Crippen LogP contribution in [0.3, 0.4) is 0 Å². The van der Waals surface area contributed by atoms with E-state index in [9.17, 15) is 4.79 Å². The third kappa shape index (κ3) is 2.66. The summed E-state index contributed by atoms with van der Waals surface area (Å²) < 4.78 is 1.74. The Morgan fingerprint density at radius 1 is 1.42 bits per heavy atom. The van der Waals surface area contributed by atoms with Gasteiger partial charge in [-0.1, -0.05) is 6.92 Å². The topological polar surface area (TPSA) is 59.0 Å². The second-order valence-electron chi connectivity index (χ2n) is 5.72. The van der Waals surface area contributed by atoms with Crippen LogP contribution in [0, 0.1) is 0 Å². The monoisotopic (exact) mass is 262 g/mol. The fourth-order valence-electron chi connectivity index (χ4n) is 3.33. The fraction of sp³-hybridized carbons (Fsp3) is 0.714. The van der Waals surface area contributed by atoms with Crippen molar-refractivity contribution in [3.05, 3.63) is 22.7 Å². The van der Waals surface area contributed by atoms with Gasteiger partial charge >= 0.3 is 0 Å². The lowest BCUT2D eigenvalue weighted by Gasteiger charge is -2.29. The van der Waals surface area contributed by atoms with Crippen LogP contribution in [0.4, 0.5) is 5.82 Å². The summed E-state index contributed by atoms with van der Waals surface area (Å²) in [6.07, 6.45) is 9.18. The van der Waals surface area contributed by atoms with E-state index < -0.39 is 0 Å². The maximum absolute atomic E-state index is 12.2. The maximum atomic E-state index is 12.2. The summed E-state index contributed by atoms with van der Waals surface area (Å²) in [6.45, 7) is 2.83. The molecule has 2 unspecified atom stereocenters. The highest BCUT2D eigenvalue weighted by Gasteiger charge is 2.33. The number of aromatic nitrogens is 2. The van der Waals surface area contributed by atoms with Gasteiger partial charge in [0.25, 0.3) is 5.56 Å². The number of nitrogens with zero attached hydrogens (tertiary/aromatic N) is 2. The highest BCUT2D eigenvalue weighted by molar-refractivity contribution is 5.33. The summed E-state index contributed by atoms with van der Waals surface area (Å²) in [6, 6.07) is 1.63. The summed E-state index contributed by atoms with van der Waals surface area (Å²) in [5, 5.41) is 6.97. The first kappa shape index (κ1) is 12.7. The van der Waals surface area contributed by atoms with Gasteiger partial charge in [-0.2, -0.15) is 0 Å². The summed E-state index contributed by atoms with van der Waals surface area (Å²) in [4.78, 5) is 16.5. The van der Waals surface area contributed by atoms with E-state index in [1.807, 2.05) is 0 Å². The third-order valence-corrected chi connectivity index (χ3v) is 4.19. The van der Waals surface area contributed by atoms with Crippen LogP contribution in [0.5, 0.6) is 0 Å². The van der Waals surface area contributed by atoms with Crippen LogP contribution in [0.15, 0.2) is 17.2 Å². The van der Waals surface area contributed by atoms with E-state index in [2.05, 4.69) is 22.5 Å². The lowest BCUT2D eigenvalue weighted by molar-refractivity contribution is 0.377. The standard InChI is InChI=1S/C14H22N4O/c1-2-6-18-7-5-15-13(14(18)19)17-12-8-10-3-4-11(9-12)16-10/h5,7,10-12,16H,2-4,6,8-9H2,1H3,(H,15,17). The molecular weight excluding hydrogens is 240 g/mol. The molecule has 19 heavy (non-hydrogen) atoms. The van der Waals surface area contributed by atoms with Crippen LogP contribution >= 0.6 is 0 Å². The molecule has 0 aromatic carbocycles. The Morgan fingerprint density at radius 2 is 2.16 bits per heavy atom. The lowest BCUT2D eigenvalue weighted by Crippen LogP contribution is -2.44. The Labute approximate surface area is 113 Å². The Bertz CT molecular complexity index is 486. The van der Waals surface area contributed by atoms with Gasteiger partial charge in [-0.05, 0) is 32.1 Å². The van der Waals surface area contributed by atoms with Crippen molar-refractivity contribution in [3.63, 3.8) is 0 Å². The van der Waals surface area contributed by atoms with Crippen molar-refractivity contribution < 1.29 is 0 Å². The Morgan fingerprint density at radius 3 is 2.84 bits per heavy atom. The smallest absolute Gasteiger partial charge is 0.293 e. The van der Waals surface area contributed by atoms with E-state index in [1.54, 1.807) is 17.0 Å². The SMILES string of the molecule is CCCn1ccnc(NC2CC3CCC(C2)N3)c1=O. The molecule has 2 bridgehead atoms. The number of piperidine rings is 1. The number of hydrogen-bond acceptors (Lipinski definition) is 4. The van der Waals surface area contributed by atoms with E-state index in [4.69, 9.17) is 0 Å². The van der Waals surface area contributed by atoms with Crippen molar-refractivity contribution in [3.8, 4) is 0 Å². The molecule has 3 rings (SSSR count). The van der Waals surface area contributed by atoms with Crippen LogP contribution in [-0.2, 0) is 6.54 Å². The van der Waals surface area contributed by atoms with E-state index in [1.165, 1.54) is 12.8 Å². The van der Waals surface area contributed by atoms with Crippen molar-refractivity contribution >= 4 is 5.82 Å². The number of nitrogens with one attached hydrogen (secondary N) is 2. The average Bonchev–Trinajstić information content (AvgIpc) is 2.74. The Kier molecular flexibility index (Phi) is 3.55. The summed E-state index contributed by atoms with van der Waals surface area (Å²) >= 11 is 0. The van der Waals surface area contributed by atoms with Gasteiger partial charge in [-0.25, -0.2) is 4.98 Å². The molecule has 0 amide bonds. The average molecular weight is 262 g/mol. The van der Waals surface area contributed by atoms with Gasteiger partial charge in [0.05, 0.1) is 0 Å². The van der Waals surface area contributed by atoms with Gasteiger partial charge in [-0.3, -0.25) is 4.79 Å². The minimum absolute atomic E-state index is 0.00947. The molecule has 5 heteroatoms. The van der Waals surface area contributed by atoms with Crippen LogP contribution in [-0.4, -0.2) is 27.7 Å². The molecule has 2 aliphatic heterocycles. The van der Waals surface area contributed by atoms with Crippen LogP contribution in [0.2, 0.25) is 0 Å². The number of rotatable bonds is 4. The number of anilines is 1. The molecule has 0 radical (unpaired) electrons. The van der Waals surface area contributed by atoms with E-state index in [0.717, 1.165) is 25.8 Å². The highest BCUT2D eigenvalue weighted by Crippen LogP contribution is 2.27. The van der Waals surface area contributed by atoms with Crippen LogP contribution in [0.25, 0.3) is 0 Å². The zero-order valence-corrected chi connectivity index (χ0v) is 11.4. The van der Waals surface area contributed by atoms with Crippen molar-refractivity contribution in [1.29, 1.82) is 0 Å². The molecule has 2 atom stereocenters. The normalized spacial score (nSPS) is 29.4. The second-order valence-corrected chi connectivity index (χ2v) is 5.72. The first-order chi connectivity index (χ1) is 9.26. The van der Waals surface area contributed by atoms with Crippen molar-refractivity contribution in [1.82, 2.24) is 14.9 Å². The third-order valence-electron chi connectivity index (χ3n) is 4.19. The molecule has 2 N–H and O–H groups in total. The van der Waals surface area contributed by atoms with Crippen LogP contribution in [0.1, 0.15) is 39.0 Å². The molecule has 2 saturated heterocycles. The molecule has 104 valence electrons. The summed E-state index contributed by atoms with van der Waals surface area (Å²) in [5.41, 5.74) is 0.00947. The van der Waals surface area contributed by atoms with Gasteiger partial charge in [0.2, 0.25) is 0 Å². The Hall–Kier alpha value is -1.36.